The fourth-order valence-corrected chi connectivity index (χ4v) is 5.09. The van der Waals surface area contributed by atoms with Crippen LogP contribution in [0.15, 0.2) is 54.6 Å². The number of unbranched alkanes of at least 4 members (excludes halogenated alkanes) is 9. The molecule has 0 aliphatic heterocycles. The molecule has 0 amide bonds. The Hall–Kier alpha value is -2.33. The lowest BCUT2D eigenvalue weighted by molar-refractivity contribution is -0.903. The quantitative estimate of drug-likeness (QED) is 0.0648. The number of ether oxygens (including phenoxy) is 2. The van der Waals surface area contributed by atoms with Crippen LogP contribution < -0.4 is 4.74 Å². The van der Waals surface area contributed by atoms with Crippen molar-refractivity contribution in [2.75, 3.05) is 20.6 Å². The van der Waals surface area contributed by atoms with E-state index in [0.29, 0.717) is 12.8 Å². The van der Waals surface area contributed by atoms with Gasteiger partial charge in [0.1, 0.15) is 12.3 Å². The third-order valence-electron chi connectivity index (χ3n) is 7.39. The molecular weight excluding hydrogens is 482 g/mol. The summed E-state index contributed by atoms with van der Waals surface area (Å²) in [6, 6.07) is 18.9. The summed E-state index contributed by atoms with van der Waals surface area (Å²) in [5.74, 6) is 0.597. The number of carbonyl (C=O) groups excluding carboxylic acids is 1. The SMILES string of the molecule is CCCCCCCCCCCCc1ccc(OC(CCC)OC(=O)CCC[N+](C)(C)Cc2ccccc2)cc1. The van der Waals surface area contributed by atoms with Crippen molar-refractivity contribution in [2.24, 2.45) is 0 Å². The third-order valence-corrected chi connectivity index (χ3v) is 7.39. The molecule has 0 aliphatic rings. The Morgan fingerprint density at radius 2 is 1.33 bits per heavy atom. The summed E-state index contributed by atoms with van der Waals surface area (Å²) in [7, 11) is 4.42. The molecule has 0 heterocycles. The molecule has 0 spiro atoms. The van der Waals surface area contributed by atoms with E-state index in [1.807, 2.05) is 18.2 Å². The second-order valence-corrected chi connectivity index (χ2v) is 11.8. The van der Waals surface area contributed by atoms with E-state index in [1.54, 1.807) is 0 Å². The van der Waals surface area contributed by atoms with Gasteiger partial charge >= 0.3 is 5.97 Å². The van der Waals surface area contributed by atoms with Crippen LogP contribution in [0.25, 0.3) is 0 Å². The van der Waals surface area contributed by atoms with Crippen molar-refractivity contribution in [1.82, 2.24) is 0 Å². The first-order valence-electron chi connectivity index (χ1n) is 15.7. The molecule has 0 aliphatic carbocycles. The van der Waals surface area contributed by atoms with Gasteiger partial charge in [0, 0.05) is 18.4 Å². The first-order valence-corrected chi connectivity index (χ1v) is 15.7. The predicted molar refractivity (Wildman–Crippen MR) is 164 cm³/mol. The summed E-state index contributed by atoms with van der Waals surface area (Å²) in [5, 5.41) is 0. The smallest absolute Gasteiger partial charge is 0.309 e. The van der Waals surface area contributed by atoms with Crippen molar-refractivity contribution in [3.8, 4) is 5.75 Å². The van der Waals surface area contributed by atoms with Gasteiger partial charge in [0.25, 0.3) is 0 Å². The number of esters is 1. The average molecular weight is 539 g/mol. The summed E-state index contributed by atoms with van der Waals surface area (Å²) in [4.78, 5) is 12.6. The number of rotatable bonds is 22. The average Bonchev–Trinajstić information content (AvgIpc) is 2.91. The zero-order chi connectivity index (χ0) is 28.2. The van der Waals surface area contributed by atoms with Crippen LogP contribution in [-0.2, 0) is 22.5 Å². The van der Waals surface area contributed by atoms with E-state index >= 15 is 0 Å². The number of hydrogen-bond acceptors (Lipinski definition) is 3. The first kappa shape index (κ1) is 32.9. The summed E-state index contributed by atoms with van der Waals surface area (Å²) in [6.45, 7) is 6.23. The topological polar surface area (TPSA) is 35.5 Å². The Morgan fingerprint density at radius 1 is 0.718 bits per heavy atom. The Labute approximate surface area is 239 Å². The van der Waals surface area contributed by atoms with Gasteiger partial charge in [-0.1, -0.05) is 114 Å². The molecule has 0 fully saturated rings. The molecule has 39 heavy (non-hydrogen) atoms. The largest absolute Gasteiger partial charge is 0.455 e. The first-order chi connectivity index (χ1) is 18.9. The summed E-state index contributed by atoms with van der Waals surface area (Å²) in [6.07, 6.45) is 17.0. The van der Waals surface area contributed by atoms with Gasteiger partial charge in [-0.25, -0.2) is 0 Å². The van der Waals surface area contributed by atoms with Gasteiger partial charge in [-0.15, -0.1) is 0 Å². The second kappa shape index (κ2) is 19.7. The van der Waals surface area contributed by atoms with Crippen LogP contribution in [0.4, 0.5) is 0 Å². The number of carbonyl (C=O) groups is 1. The highest BCUT2D eigenvalue weighted by atomic mass is 16.7. The van der Waals surface area contributed by atoms with Gasteiger partial charge in [0.2, 0.25) is 6.29 Å². The molecule has 218 valence electrons. The monoisotopic (exact) mass is 538 g/mol. The molecule has 4 nitrogen and oxygen atoms in total. The second-order valence-electron chi connectivity index (χ2n) is 11.8. The summed E-state index contributed by atoms with van der Waals surface area (Å²) < 4.78 is 12.6. The fourth-order valence-electron chi connectivity index (χ4n) is 5.09. The molecule has 0 aromatic heterocycles. The zero-order valence-electron chi connectivity index (χ0n) is 25.5. The molecule has 2 rings (SSSR count). The van der Waals surface area contributed by atoms with Crippen LogP contribution in [0.3, 0.4) is 0 Å². The Balaban J connectivity index is 1.64. The Morgan fingerprint density at radius 3 is 1.95 bits per heavy atom. The van der Waals surface area contributed by atoms with E-state index in [9.17, 15) is 4.79 Å². The van der Waals surface area contributed by atoms with Gasteiger partial charge in [0.05, 0.1) is 27.1 Å². The molecule has 4 heteroatoms. The molecule has 1 atom stereocenters. The van der Waals surface area contributed by atoms with Gasteiger partial charge in [-0.05, 0) is 37.0 Å². The number of aryl methyl sites for hydroxylation is 1. The van der Waals surface area contributed by atoms with Gasteiger partial charge in [0.15, 0.2) is 0 Å². The van der Waals surface area contributed by atoms with Crippen molar-refractivity contribution < 1.29 is 18.8 Å². The van der Waals surface area contributed by atoms with Crippen molar-refractivity contribution in [3.63, 3.8) is 0 Å². The van der Waals surface area contributed by atoms with E-state index < -0.39 is 6.29 Å². The van der Waals surface area contributed by atoms with Gasteiger partial charge < -0.3 is 14.0 Å². The molecule has 0 N–H and O–H groups in total. The highest BCUT2D eigenvalue weighted by molar-refractivity contribution is 5.69. The van der Waals surface area contributed by atoms with Gasteiger partial charge in [-0.2, -0.15) is 0 Å². The number of nitrogens with zero attached hydrogens (tertiary/aromatic N) is 1. The van der Waals surface area contributed by atoms with Gasteiger partial charge in [-0.3, -0.25) is 4.79 Å². The maximum absolute atomic E-state index is 12.6. The third kappa shape index (κ3) is 15.8. The maximum Gasteiger partial charge on any atom is 0.309 e. The van der Waals surface area contributed by atoms with Crippen LogP contribution in [0, 0.1) is 0 Å². The molecule has 2 aromatic rings. The molecule has 0 bridgehead atoms. The van der Waals surface area contributed by atoms with Crippen molar-refractivity contribution in [3.05, 3.63) is 65.7 Å². The highest BCUT2D eigenvalue weighted by Crippen LogP contribution is 2.19. The lowest BCUT2D eigenvalue weighted by atomic mass is 10.0. The Kier molecular flexibility index (Phi) is 16.6. The molecular formula is C35H56NO3+. The lowest BCUT2D eigenvalue weighted by Gasteiger charge is -2.30. The van der Waals surface area contributed by atoms with Crippen LogP contribution in [-0.4, -0.2) is 37.4 Å². The van der Waals surface area contributed by atoms with Crippen LogP contribution in [0.1, 0.15) is 115 Å². The maximum atomic E-state index is 12.6. The normalized spacial score (nSPS) is 12.3. The van der Waals surface area contributed by atoms with Crippen LogP contribution >= 0.6 is 0 Å². The standard InChI is InChI=1S/C35H56NO3/c1-5-7-8-9-10-11-12-13-14-16-21-31-25-27-33(28-26-31)38-35(20-6-2)39-34(37)24-19-29-36(3,4)30-32-22-17-15-18-23-32/h15,17-18,22-23,25-28,35H,5-14,16,19-21,24,29-30H2,1-4H3/q+1. The zero-order valence-corrected chi connectivity index (χ0v) is 25.5. The van der Waals surface area contributed by atoms with Crippen molar-refractivity contribution in [2.45, 2.75) is 123 Å². The minimum atomic E-state index is -0.526. The number of hydrogen-bond donors (Lipinski definition) is 0. The minimum Gasteiger partial charge on any atom is -0.455 e. The highest BCUT2D eigenvalue weighted by Gasteiger charge is 2.19. The summed E-state index contributed by atoms with van der Waals surface area (Å²) in [5.41, 5.74) is 2.66. The van der Waals surface area contributed by atoms with E-state index in [-0.39, 0.29) is 5.97 Å². The molecule has 0 saturated heterocycles. The number of quaternary nitrogens is 1. The molecule has 0 radical (unpaired) electrons. The Bertz CT molecular complexity index is 879. The van der Waals surface area contributed by atoms with Crippen LogP contribution in [0.2, 0.25) is 0 Å². The van der Waals surface area contributed by atoms with E-state index in [4.69, 9.17) is 9.47 Å². The van der Waals surface area contributed by atoms with Crippen molar-refractivity contribution in [1.29, 1.82) is 0 Å². The lowest BCUT2D eigenvalue weighted by Crippen LogP contribution is -2.39. The van der Waals surface area contributed by atoms with Crippen LogP contribution in [0.5, 0.6) is 5.75 Å². The predicted octanol–water partition coefficient (Wildman–Crippen LogP) is 9.26. The van der Waals surface area contributed by atoms with E-state index in [1.165, 1.54) is 75.3 Å². The summed E-state index contributed by atoms with van der Waals surface area (Å²) >= 11 is 0. The molecule has 1 unspecified atom stereocenters. The minimum absolute atomic E-state index is 0.175. The van der Waals surface area contributed by atoms with Crippen molar-refractivity contribution >= 4 is 5.97 Å². The van der Waals surface area contributed by atoms with E-state index in [0.717, 1.165) is 42.6 Å². The molecule has 0 saturated carbocycles. The van der Waals surface area contributed by atoms with E-state index in [2.05, 4.69) is 64.3 Å². The molecule has 2 aromatic carbocycles. The number of benzene rings is 2. The fraction of sp³-hybridized carbons (Fsp3) is 0.629.